The van der Waals surface area contributed by atoms with Crippen LogP contribution < -0.4 is 15.2 Å². The Hall–Kier alpha value is -2.59. The molecule has 2 aromatic rings. The van der Waals surface area contributed by atoms with E-state index in [-0.39, 0.29) is 21.8 Å². The first-order valence-corrected chi connectivity index (χ1v) is 9.17. The molecule has 0 heterocycles. The second-order valence-electron chi connectivity index (χ2n) is 5.73. The molecule has 0 saturated heterocycles. The van der Waals surface area contributed by atoms with E-state index in [0.29, 0.717) is 0 Å². The lowest BCUT2D eigenvalue weighted by atomic mass is 10.0. The van der Waals surface area contributed by atoms with E-state index in [1.54, 1.807) is 0 Å². The van der Waals surface area contributed by atoms with Crippen LogP contribution >= 0.6 is 0 Å². The maximum Gasteiger partial charge on any atom is 0.416 e. The zero-order valence-electron chi connectivity index (χ0n) is 14.4. The highest BCUT2D eigenvalue weighted by Crippen LogP contribution is 2.31. The summed E-state index contributed by atoms with van der Waals surface area (Å²) in [7, 11) is -2.76. The van der Waals surface area contributed by atoms with Crippen molar-refractivity contribution in [2.75, 3.05) is 7.11 Å². The molecule has 146 valence electrons. The lowest BCUT2D eigenvalue weighted by Crippen LogP contribution is -2.27. The molecule has 0 fully saturated rings. The number of carbonyl (C=O) groups excluding carboxylic acids is 1. The fourth-order valence-electron chi connectivity index (χ4n) is 2.38. The van der Waals surface area contributed by atoms with Crippen LogP contribution in [0.25, 0.3) is 0 Å². The van der Waals surface area contributed by atoms with Crippen molar-refractivity contribution in [2.24, 2.45) is 5.14 Å². The van der Waals surface area contributed by atoms with Crippen LogP contribution in [0.4, 0.5) is 13.2 Å². The molecule has 1 atom stereocenters. The normalized spacial score (nSPS) is 13.1. The molecule has 0 spiro atoms. The molecule has 0 radical (unpaired) electrons. The number of hydrogen-bond donors (Lipinski definition) is 2. The summed E-state index contributed by atoms with van der Waals surface area (Å²) in [5, 5.41) is 7.58. The number of nitrogens with one attached hydrogen (secondary N) is 1. The van der Waals surface area contributed by atoms with Crippen molar-refractivity contribution in [3.8, 4) is 5.75 Å². The van der Waals surface area contributed by atoms with Gasteiger partial charge < -0.3 is 10.1 Å². The largest absolute Gasteiger partial charge is 0.496 e. The molecule has 0 aromatic heterocycles. The van der Waals surface area contributed by atoms with Gasteiger partial charge in [0.05, 0.1) is 29.2 Å². The maximum absolute atomic E-state index is 12.8. The minimum Gasteiger partial charge on any atom is -0.496 e. The molecule has 1 amide bonds. The van der Waals surface area contributed by atoms with Crippen molar-refractivity contribution >= 4 is 15.9 Å². The highest BCUT2D eigenvalue weighted by molar-refractivity contribution is 7.89. The molecule has 0 aliphatic carbocycles. The van der Waals surface area contributed by atoms with Crippen molar-refractivity contribution in [3.63, 3.8) is 0 Å². The molecule has 0 aliphatic heterocycles. The van der Waals surface area contributed by atoms with Gasteiger partial charge in [-0.15, -0.1) is 0 Å². The number of rotatable bonds is 5. The standard InChI is InChI=1S/C17H17F3N2O4S/c1-10(11-4-3-5-12(8-11)17(18,19)20)22-16(23)14-9-13(27(21,24)25)6-7-15(14)26-2/h3-10H,1-2H3,(H,22,23)(H2,21,24,25). The van der Waals surface area contributed by atoms with Gasteiger partial charge in [-0.25, -0.2) is 13.6 Å². The van der Waals surface area contributed by atoms with Crippen molar-refractivity contribution in [2.45, 2.75) is 24.0 Å². The monoisotopic (exact) mass is 402 g/mol. The van der Waals surface area contributed by atoms with Crippen LogP contribution in [0.5, 0.6) is 5.75 Å². The number of primary sulfonamides is 1. The summed E-state index contributed by atoms with van der Waals surface area (Å²) < 4.78 is 66.5. The number of nitrogens with two attached hydrogens (primary N) is 1. The van der Waals surface area contributed by atoms with E-state index in [2.05, 4.69) is 5.32 Å². The second-order valence-corrected chi connectivity index (χ2v) is 7.29. The summed E-state index contributed by atoms with van der Waals surface area (Å²) in [5.41, 5.74) is -0.711. The Morgan fingerprint density at radius 2 is 1.85 bits per heavy atom. The predicted octanol–water partition coefficient (Wildman–Crippen LogP) is 2.85. The third kappa shape index (κ3) is 4.98. The quantitative estimate of drug-likeness (QED) is 0.803. The SMILES string of the molecule is COc1ccc(S(N)(=O)=O)cc1C(=O)NC(C)c1cccc(C(F)(F)F)c1. The fraction of sp³-hybridized carbons (Fsp3) is 0.235. The van der Waals surface area contributed by atoms with Gasteiger partial charge in [0.1, 0.15) is 5.75 Å². The molecule has 6 nitrogen and oxygen atoms in total. The van der Waals surface area contributed by atoms with E-state index in [4.69, 9.17) is 9.88 Å². The zero-order chi connectivity index (χ0) is 20.4. The third-order valence-electron chi connectivity index (χ3n) is 3.81. The third-order valence-corrected chi connectivity index (χ3v) is 4.72. The van der Waals surface area contributed by atoms with E-state index in [0.717, 1.165) is 18.2 Å². The van der Waals surface area contributed by atoms with Gasteiger partial charge in [-0.05, 0) is 42.8 Å². The number of methoxy groups -OCH3 is 1. The average molecular weight is 402 g/mol. The number of alkyl halides is 3. The Labute approximate surface area is 154 Å². The van der Waals surface area contributed by atoms with Gasteiger partial charge in [-0.1, -0.05) is 12.1 Å². The van der Waals surface area contributed by atoms with Crippen molar-refractivity contribution < 1.29 is 31.1 Å². The number of ether oxygens (including phenoxy) is 1. The van der Waals surface area contributed by atoms with Gasteiger partial charge in [0.2, 0.25) is 10.0 Å². The topological polar surface area (TPSA) is 98.5 Å². The molecule has 0 bridgehead atoms. The van der Waals surface area contributed by atoms with E-state index in [1.165, 1.54) is 38.3 Å². The summed E-state index contributed by atoms with van der Waals surface area (Å²) >= 11 is 0. The average Bonchev–Trinajstić information content (AvgIpc) is 2.59. The highest BCUT2D eigenvalue weighted by Gasteiger charge is 2.31. The first kappa shape index (κ1) is 20.7. The zero-order valence-corrected chi connectivity index (χ0v) is 15.2. The molecule has 2 aromatic carbocycles. The Balaban J connectivity index is 2.32. The molecule has 10 heteroatoms. The van der Waals surface area contributed by atoms with Crippen LogP contribution in [0.2, 0.25) is 0 Å². The smallest absolute Gasteiger partial charge is 0.416 e. The predicted molar refractivity (Wildman–Crippen MR) is 91.7 cm³/mol. The van der Waals surface area contributed by atoms with Gasteiger partial charge >= 0.3 is 6.18 Å². The number of hydrogen-bond acceptors (Lipinski definition) is 4. The summed E-state index contributed by atoms with van der Waals surface area (Å²) in [5.74, 6) is -0.626. The molecule has 0 saturated carbocycles. The van der Waals surface area contributed by atoms with Crippen LogP contribution in [0, 0.1) is 0 Å². The summed E-state index contributed by atoms with van der Waals surface area (Å²) in [6.07, 6.45) is -4.51. The van der Waals surface area contributed by atoms with Gasteiger partial charge in [-0.2, -0.15) is 13.2 Å². The maximum atomic E-state index is 12.8. The Morgan fingerprint density at radius 3 is 2.41 bits per heavy atom. The molecule has 2 rings (SSSR count). The van der Waals surface area contributed by atoms with Crippen molar-refractivity contribution in [1.82, 2.24) is 5.32 Å². The number of sulfonamides is 1. The highest BCUT2D eigenvalue weighted by atomic mass is 32.2. The van der Waals surface area contributed by atoms with Crippen LogP contribution in [0.1, 0.15) is 34.5 Å². The molecule has 0 aliphatic rings. The van der Waals surface area contributed by atoms with Gasteiger partial charge in [0.15, 0.2) is 0 Å². The number of carbonyl (C=O) groups is 1. The summed E-state index contributed by atoms with van der Waals surface area (Å²) in [6.45, 7) is 1.50. The number of halogens is 3. The Morgan fingerprint density at radius 1 is 1.19 bits per heavy atom. The lowest BCUT2D eigenvalue weighted by molar-refractivity contribution is -0.137. The van der Waals surface area contributed by atoms with Gasteiger partial charge in [0.25, 0.3) is 5.91 Å². The summed E-state index contributed by atoms with van der Waals surface area (Å²) in [4.78, 5) is 12.2. The first-order chi connectivity index (χ1) is 12.4. The van der Waals surface area contributed by atoms with Crippen LogP contribution in [0.3, 0.4) is 0 Å². The molecular formula is C17H17F3N2O4S. The van der Waals surface area contributed by atoms with Crippen LogP contribution in [-0.2, 0) is 16.2 Å². The van der Waals surface area contributed by atoms with E-state index in [1.807, 2.05) is 0 Å². The van der Waals surface area contributed by atoms with Crippen molar-refractivity contribution in [1.29, 1.82) is 0 Å². The molecule has 3 N–H and O–H groups in total. The molecular weight excluding hydrogens is 385 g/mol. The first-order valence-electron chi connectivity index (χ1n) is 7.62. The minimum absolute atomic E-state index is 0.0937. The fourth-order valence-corrected chi connectivity index (χ4v) is 2.92. The molecule has 27 heavy (non-hydrogen) atoms. The van der Waals surface area contributed by atoms with E-state index < -0.39 is 33.7 Å². The van der Waals surface area contributed by atoms with Gasteiger partial charge in [0, 0.05) is 0 Å². The number of amides is 1. The summed E-state index contributed by atoms with van der Waals surface area (Å²) in [6, 6.07) is 7.26. The lowest BCUT2D eigenvalue weighted by Gasteiger charge is -2.17. The van der Waals surface area contributed by atoms with Crippen LogP contribution in [0.15, 0.2) is 47.4 Å². The van der Waals surface area contributed by atoms with Gasteiger partial charge in [-0.3, -0.25) is 4.79 Å². The number of benzene rings is 2. The second kappa shape index (κ2) is 7.57. The minimum atomic E-state index is -4.51. The Kier molecular flexibility index (Phi) is 5.81. The molecule has 1 unspecified atom stereocenters. The Bertz CT molecular complexity index is 959. The van der Waals surface area contributed by atoms with E-state index >= 15 is 0 Å². The van der Waals surface area contributed by atoms with E-state index in [9.17, 15) is 26.4 Å². The van der Waals surface area contributed by atoms with Crippen LogP contribution in [-0.4, -0.2) is 21.4 Å². The van der Waals surface area contributed by atoms with Crippen molar-refractivity contribution in [3.05, 3.63) is 59.2 Å².